The number of fused-ring (bicyclic) bond motifs is 1. The average Bonchev–Trinajstić information content (AvgIpc) is 3.03. The van der Waals surface area contributed by atoms with Crippen LogP contribution in [0.15, 0.2) is 42.9 Å². The van der Waals surface area contributed by atoms with Crippen LogP contribution in [0, 0.1) is 0 Å². The van der Waals surface area contributed by atoms with Crippen LogP contribution in [0.25, 0.3) is 10.9 Å². The van der Waals surface area contributed by atoms with Crippen LogP contribution in [0.5, 0.6) is 0 Å². The van der Waals surface area contributed by atoms with Crippen molar-refractivity contribution in [2.75, 3.05) is 26.0 Å². The van der Waals surface area contributed by atoms with Crippen LogP contribution in [-0.4, -0.2) is 46.9 Å². The lowest BCUT2D eigenvalue weighted by Gasteiger charge is -2.18. The van der Waals surface area contributed by atoms with Crippen molar-refractivity contribution in [1.82, 2.24) is 19.9 Å². The highest BCUT2D eigenvalue weighted by atomic mass is 16.2. The number of aromatic amines is 1. The molecule has 0 unspecified atom stereocenters. The summed E-state index contributed by atoms with van der Waals surface area (Å²) < 4.78 is 0. The fourth-order valence-corrected chi connectivity index (χ4v) is 2.48. The van der Waals surface area contributed by atoms with Crippen molar-refractivity contribution in [1.29, 1.82) is 0 Å². The van der Waals surface area contributed by atoms with Crippen LogP contribution < -0.4 is 4.90 Å². The zero-order valence-corrected chi connectivity index (χ0v) is 13.4. The van der Waals surface area contributed by atoms with Crippen molar-refractivity contribution >= 4 is 22.8 Å². The van der Waals surface area contributed by atoms with Crippen LogP contribution >= 0.6 is 0 Å². The molecule has 0 saturated carbocycles. The summed E-state index contributed by atoms with van der Waals surface area (Å²) >= 11 is 0. The van der Waals surface area contributed by atoms with Gasteiger partial charge in [-0.2, -0.15) is 0 Å². The number of carbonyl (C=O) groups excluding carboxylic acids is 1. The van der Waals surface area contributed by atoms with Gasteiger partial charge in [0.2, 0.25) is 5.95 Å². The summed E-state index contributed by atoms with van der Waals surface area (Å²) in [6.45, 7) is 0.466. The maximum absolute atomic E-state index is 12.7. The van der Waals surface area contributed by atoms with Gasteiger partial charge in [-0.05, 0) is 18.2 Å². The van der Waals surface area contributed by atoms with E-state index in [1.54, 1.807) is 24.3 Å². The van der Waals surface area contributed by atoms with Crippen LogP contribution in [-0.2, 0) is 6.54 Å². The molecule has 0 spiro atoms. The Kier molecular flexibility index (Phi) is 3.97. The maximum atomic E-state index is 12.7. The minimum absolute atomic E-state index is 0.0214. The molecule has 1 N–H and O–H groups in total. The molecule has 0 fully saturated rings. The Morgan fingerprint density at radius 2 is 1.87 bits per heavy atom. The molecule has 0 bridgehead atoms. The molecule has 2 aromatic heterocycles. The van der Waals surface area contributed by atoms with Crippen LogP contribution in [0.4, 0.5) is 5.95 Å². The molecule has 3 rings (SSSR count). The Morgan fingerprint density at radius 3 is 2.57 bits per heavy atom. The molecule has 1 aromatic carbocycles. The zero-order chi connectivity index (χ0) is 16.4. The Hall–Kier alpha value is -2.89. The molecular formula is C17H19N5O. The van der Waals surface area contributed by atoms with Gasteiger partial charge in [0.15, 0.2) is 0 Å². The number of nitrogens with zero attached hydrogens (tertiary/aromatic N) is 4. The molecule has 6 nitrogen and oxygen atoms in total. The summed E-state index contributed by atoms with van der Waals surface area (Å²) in [6.07, 6.45) is 5.35. The summed E-state index contributed by atoms with van der Waals surface area (Å²) in [5.41, 5.74) is 2.55. The van der Waals surface area contributed by atoms with Gasteiger partial charge in [0.05, 0.1) is 0 Å². The van der Waals surface area contributed by atoms with Crippen LogP contribution in [0.1, 0.15) is 15.9 Å². The predicted molar refractivity (Wildman–Crippen MR) is 90.5 cm³/mol. The van der Waals surface area contributed by atoms with Crippen molar-refractivity contribution in [2.24, 2.45) is 0 Å². The number of nitrogens with one attached hydrogen (secondary N) is 1. The first-order valence-electron chi connectivity index (χ1n) is 7.36. The summed E-state index contributed by atoms with van der Waals surface area (Å²) in [5.74, 6) is 0.631. The van der Waals surface area contributed by atoms with Crippen molar-refractivity contribution in [3.05, 3.63) is 54.0 Å². The number of carbonyl (C=O) groups is 1. The van der Waals surface area contributed by atoms with E-state index in [0.717, 1.165) is 16.5 Å². The lowest BCUT2D eigenvalue weighted by Crippen LogP contribution is -2.26. The van der Waals surface area contributed by atoms with Gasteiger partial charge in [-0.1, -0.05) is 6.07 Å². The van der Waals surface area contributed by atoms with Gasteiger partial charge >= 0.3 is 0 Å². The van der Waals surface area contributed by atoms with Crippen LogP contribution in [0.3, 0.4) is 0 Å². The van der Waals surface area contributed by atoms with Gasteiger partial charge < -0.3 is 14.8 Å². The third-order valence-corrected chi connectivity index (χ3v) is 3.68. The van der Waals surface area contributed by atoms with E-state index in [0.29, 0.717) is 18.1 Å². The van der Waals surface area contributed by atoms with Gasteiger partial charge in [-0.25, -0.2) is 9.97 Å². The van der Waals surface area contributed by atoms with Crippen LogP contribution in [0.2, 0.25) is 0 Å². The Labute approximate surface area is 134 Å². The monoisotopic (exact) mass is 309 g/mol. The van der Waals surface area contributed by atoms with Crippen molar-refractivity contribution in [3.8, 4) is 0 Å². The molecule has 23 heavy (non-hydrogen) atoms. The topological polar surface area (TPSA) is 65.1 Å². The van der Waals surface area contributed by atoms with E-state index in [9.17, 15) is 4.79 Å². The molecule has 3 aromatic rings. The summed E-state index contributed by atoms with van der Waals surface area (Å²) in [5, 5.41) is 0.934. The molecule has 6 heteroatoms. The number of hydrogen-bond donors (Lipinski definition) is 1. The number of benzene rings is 1. The first-order valence-corrected chi connectivity index (χ1v) is 7.36. The molecule has 0 radical (unpaired) electrons. The predicted octanol–water partition coefficient (Wildman–Crippen LogP) is 2.30. The fraction of sp³-hybridized carbons (Fsp3) is 0.235. The van der Waals surface area contributed by atoms with Crippen molar-refractivity contribution in [2.45, 2.75) is 6.54 Å². The van der Waals surface area contributed by atoms with E-state index in [1.807, 2.05) is 49.5 Å². The highest BCUT2D eigenvalue weighted by Gasteiger charge is 2.15. The number of H-pyrrole nitrogens is 1. The zero-order valence-electron chi connectivity index (χ0n) is 13.4. The maximum Gasteiger partial charge on any atom is 0.254 e. The molecule has 0 aliphatic rings. The number of rotatable bonds is 4. The second-order valence-electron chi connectivity index (χ2n) is 5.69. The van der Waals surface area contributed by atoms with E-state index in [4.69, 9.17) is 0 Å². The van der Waals surface area contributed by atoms with Gasteiger partial charge in [-0.3, -0.25) is 4.79 Å². The third-order valence-electron chi connectivity index (χ3n) is 3.68. The summed E-state index contributed by atoms with van der Waals surface area (Å²) in [7, 11) is 5.57. The summed E-state index contributed by atoms with van der Waals surface area (Å²) in [6, 6.07) is 7.61. The SMILES string of the molecule is CN(Cc1cnc(N(C)C)nc1)C(=O)c1cccc2[nH]ccc12. The van der Waals surface area contributed by atoms with E-state index >= 15 is 0 Å². The molecule has 0 aliphatic carbocycles. The minimum atomic E-state index is -0.0214. The van der Waals surface area contributed by atoms with E-state index < -0.39 is 0 Å². The molecule has 2 heterocycles. The van der Waals surface area contributed by atoms with E-state index in [-0.39, 0.29) is 5.91 Å². The smallest absolute Gasteiger partial charge is 0.254 e. The Balaban J connectivity index is 1.78. The largest absolute Gasteiger partial charge is 0.361 e. The fourth-order valence-electron chi connectivity index (χ4n) is 2.48. The average molecular weight is 309 g/mol. The van der Waals surface area contributed by atoms with Gasteiger partial charge in [0.25, 0.3) is 5.91 Å². The molecular weight excluding hydrogens is 290 g/mol. The molecule has 0 aliphatic heterocycles. The number of amides is 1. The Morgan fingerprint density at radius 1 is 1.13 bits per heavy atom. The Bertz CT molecular complexity index is 822. The lowest BCUT2D eigenvalue weighted by atomic mass is 10.1. The number of anilines is 1. The molecule has 118 valence electrons. The third kappa shape index (κ3) is 3.01. The minimum Gasteiger partial charge on any atom is -0.361 e. The quantitative estimate of drug-likeness (QED) is 0.803. The number of aromatic nitrogens is 3. The standard InChI is InChI=1S/C17H19N5O/c1-21(2)17-19-9-12(10-20-17)11-22(3)16(23)14-5-4-6-15-13(14)7-8-18-15/h4-10,18H,11H2,1-3H3. The second kappa shape index (κ2) is 6.08. The molecule has 1 amide bonds. The van der Waals surface area contributed by atoms with Crippen molar-refractivity contribution in [3.63, 3.8) is 0 Å². The van der Waals surface area contributed by atoms with Gasteiger partial charge in [0, 0.05) is 68.3 Å². The van der Waals surface area contributed by atoms with Gasteiger partial charge in [0.1, 0.15) is 0 Å². The highest BCUT2D eigenvalue weighted by Crippen LogP contribution is 2.19. The lowest BCUT2D eigenvalue weighted by molar-refractivity contribution is 0.0787. The van der Waals surface area contributed by atoms with Crippen molar-refractivity contribution < 1.29 is 4.79 Å². The highest BCUT2D eigenvalue weighted by molar-refractivity contribution is 6.06. The van der Waals surface area contributed by atoms with E-state index in [2.05, 4.69) is 15.0 Å². The van der Waals surface area contributed by atoms with Gasteiger partial charge in [-0.15, -0.1) is 0 Å². The summed E-state index contributed by atoms with van der Waals surface area (Å²) in [4.78, 5) is 27.9. The molecule has 0 atom stereocenters. The first kappa shape index (κ1) is 15.0. The van der Waals surface area contributed by atoms with E-state index in [1.165, 1.54) is 0 Å². The second-order valence-corrected chi connectivity index (χ2v) is 5.69. The number of hydrogen-bond acceptors (Lipinski definition) is 4. The normalized spacial score (nSPS) is 10.7. The molecule has 0 saturated heterocycles. The first-order chi connectivity index (χ1) is 11.1.